The Labute approximate surface area is 242 Å². The normalized spacial score (nSPS) is 11.6. The van der Waals surface area contributed by atoms with Crippen molar-refractivity contribution in [3.8, 4) is 5.75 Å². The second kappa shape index (κ2) is 12.5. The van der Waals surface area contributed by atoms with E-state index in [4.69, 9.17) is 4.74 Å². The molecule has 0 spiro atoms. The number of ether oxygens (including phenoxy) is 1. The molecule has 0 N–H and O–H groups in total. The number of hydrogen-bond acceptors (Lipinski definition) is 8. The maximum absolute atomic E-state index is 13.8. The Kier molecular flexibility index (Phi) is 9.62. The molecule has 3 aromatic carbocycles. The molecule has 37 heavy (non-hydrogen) atoms. The van der Waals surface area contributed by atoms with Gasteiger partial charge in [-0.15, -0.1) is 0 Å². The smallest absolute Gasteiger partial charge is 0.545 e. The van der Waals surface area contributed by atoms with E-state index in [-0.39, 0.29) is 53.2 Å². The van der Waals surface area contributed by atoms with Gasteiger partial charge in [0.1, 0.15) is 16.8 Å². The van der Waals surface area contributed by atoms with E-state index in [2.05, 4.69) is 8.75 Å². The van der Waals surface area contributed by atoms with Crippen LogP contribution in [0.1, 0.15) is 35.3 Å². The number of fused-ring (bicyclic) bond motifs is 1. The quantitative estimate of drug-likeness (QED) is 0.185. The van der Waals surface area contributed by atoms with Crippen molar-refractivity contribution in [3.63, 3.8) is 0 Å². The van der Waals surface area contributed by atoms with Crippen molar-refractivity contribution >= 4 is 45.8 Å². The standard InChI is InChI=1S/C28H27N3O4S.Na/c1-17(2)35-22-12-7-19(8-13-22)27(32)23(15-18-5-10-21(11-6-18)31(3)4)26(28(33)34)20-9-14-24-25(16-20)30-36-29-24;/h5-14,16-17H,15H2,1-4H3,(H,33,34);/q;+1/p-1/b26-23+;. The Morgan fingerprint density at radius 3 is 2.14 bits per heavy atom. The predicted molar refractivity (Wildman–Crippen MR) is 140 cm³/mol. The first-order valence-corrected chi connectivity index (χ1v) is 12.2. The Morgan fingerprint density at radius 2 is 1.54 bits per heavy atom. The fraction of sp³-hybridized carbons (Fsp3) is 0.214. The predicted octanol–water partition coefficient (Wildman–Crippen LogP) is 1.18. The van der Waals surface area contributed by atoms with Crippen molar-refractivity contribution in [2.45, 2.75) is 26.4 Å². The van der Waals surface area contributed by atoms with Crippen LogP contribution in [-0.4, -0.2) is 40.7 Å². The van der Waals surface area contributed by atoms with E-state index in [0.717, 1.165) is 23.0 Å². The number of carboxylic acid groups (broad SMARTS) is 1. The zero-order valence-corrected chi connectivity index (χ0v) is 24.3. The number of rotatable bonds is 9. The van der Waals surface area contributed by atoms with Crippen molar-refractivity contribution in [3.05, 3.63) is 89.0 Å². The number of ketones is 1. The number of benzene rings is 3. The molecule has 7 nitrogen and oxygen atoms in total. The molecule has 0 aliphatic rings. The van der Waals surface area contributed by atoms with Gasteiger partial charge in [-0.2, -0.15) is 8.75 Å². The van der Waals surface area contributed by atoms with Crippen LogP contribution in [0.25, 0.3) is 16.6 Å². The summed E-state index contributed by atoms with van der Waals surface area (Å²) in [6.45, 7) is 3.84. The minimum atomic E-state index is -1.43. The summed E-state index contributed by atoms with van der Waals surface area (Å²) in [4.78, 5) is 28.2. The maximum atomic E-state index is 13.8. The number of allylic oxidation sites excluding steroid dienone is 1. The molecule has 0 amide bonds. The molecule has 0 saturated heterocycles. The summed E-state index contributed by atoms with van der Waals surface area (Å²) in [6.07, 6.45) is 0.111. The van der Waals surface area contributed by atoms with Crippen LogP contribution in [0.3, 0.4) is 0 Å². The molecule has 4 aromatic rings. The van der Waals surface area contributed by atoms with Gasteiger partial charge in [0, 0.05) is 42.9 Å². The number of carbonyl (C=O) groups is 2. The van der Waals surface area contributed by atoms with Crippen LogP contribution in [-0.2, 0) is 11.2 Å². The molecule has 0 radical (unpaired) electrons. The van der Waals surface area contributed by atoms with Crippen molar-refractivity contribution in [1.82, 2.24) is 8.75 Å². The minimum absolute atomic E-state index is 0. The summed E-state index contributed by atoms with van der Waals surface area (Å²) in [5, 5.41) is 12.5. The average Bonchev–Trinajstić information content (AvgIpc) is 3.31. The molecule has 0 unspecified atom stereocenters. The molecular weight excluding hydrogens is 497 g/mol. The zero-order valence-electron chi connectivity index (χ0n) is 21.5. The van der Waals surface area contributed by atoms with Crippen LogP contribution < -0.4 is 44.3 Å². The molecule has 184 valence electrons. The third kappa shape index (κ3) is 6.84. The van der Waals surface area contributed by atoms with Crippen molar-refractivity contribution < 1.29 is 49.0 Å². The minimum Gasteiger partial charge on any atom is -0.545 e. The maximum Gasteiger partial charge on any atom is 1.00 e. The molecule has 0 aliphatic carbocycles. The van der Waals surface area contributed by atoms with E-state index in [1.54, 1.807) is 42.5 Å². The number of aromatic nitrogens is 2. The van der Waals surface area contributed by atoms with Crippen molar-refractivity contribution in [2.24, 2.45) is 0 Å². The van der Waals surface area contributed by atoms with Gasteiger partial charge >= 0.3 is 29.6 Å². The van der Waals surface area contributed by atoms with Crippen LogP contribution in [0.5, 0.6) is 5.75 Å². The van der Waals surface area contributed by atoms with Crippen LogP contribution in [0.15, 0.2) is 72.3 Å². The third-order valence-electron chi connectivity index (χ3n) is 5.64. The third-order valence-corrected chi connectivity index (χ3v) is 6.20. The summed E-state index contributed by atoms with van der Waals surface area (Å²) >= 11 is 1.04. The largest absolute Gasteiger partial charge is 1.00 e. The average molecular weight is 524 g/mol. The van der Waals surface area contributed by atoms with E-state index in [1.807, 2.05) is 57.1 Å². The number of nitrogens with zero attached hydrogens (tertiary/aromatic N) is 3. The van der Waals surface area contributed by atoms with Gasteiger partial charge in [-0.05, 0) is 73.5 Å². The number of Topliss-reactive ketones (excluding diaryl/α,β-unsaturated/α-hetero) is 1. The van der Waals surface area contributed by atoms with Gasteiger partial charge in [-0.3, -0.25) is 4.79 Å². The summed E-state index contributed by atoms with van der Waals surface area (Å²) < 4.78 is 14.1. The van der Waals surface area contributed by atoms with Crippen molar-refractivity contribution in [1.29, 1.82) is 0 Å². The Bertz CT molecular complexity index is 1430. The molecule has 1 heterocycles. The van der Waals surface area contributed by atoms with Crippen LogP contribution in [0, 0.1) is 0 Å². The topological polar surface area (TPSA) is 95.5 Å². The van der Waals surface area contributed by atoms with E-state index in [9.17, 15) is 14.7 Å². The van der Waals surface area contributed by atoms with Gasteiger partial charge in [0.15, 0.2) is 5.78 Å². The van der Waals surface area contributed by atoms with Gasteiger partial charge in [0.25, 0.3) is 0 Å². The van der Waals surface area contributed by atoms with Crippen molar-refractivity contribution in [2.75, 3.05) is 19.0 Å². The number of carboxylic acids is 1. The SMILES string of the molecule is CC(C)Oc1ccc(C(=O)/C(Cc2ccc(N(C)C)cc2)=C(/C(=O)[O-])c2ccc3nsnc3c2)cc1.[Na+]. The van der Waals surface area contributed by atoms with Crippen LogP contribution in [0.4, 0.5) is 5.69 Å². The summed E-state index contributed by atoms with van der Waals surface area (Å²) in [5.41, 5.74) is 3.71. The number of carbonyl (C=O) groups excluding carboxylic acids is 2. The van der Waals surface area contributed by atoms with E-state index in [0.29, 0.717) is 27.9 Å². The molecular formula is C28H26N3NaO4S. The van der Waals surface area contributed by atoms with Gasteiger partial charge in [-0.25, -0.2) is 0 Å². The Morgan fingerprint density at radius 1 is 0.919 bits per heavy atom. The molecule has 0 aliphatic heterocycles. The summed E-state index contributed by atoms with van der Waals surface area (Å²) in [7, 11) is 3.88. The second-order valence-electron chi connectivity index (χ2n) is 8.87. The van der Waals surface area contributed by atoms with E-state index < -0.39 is 11.8 Å². The fourth-order valence-electron chi connectivity index (χ4n) is 3.88. The van der Waals surface area contributed by atoms with Crippen LogP contribution in [0.2, 0.25) is 0 Å². The Balaban J connectivity index is 0.00000380. The van der Waals surface area contributed by atoms with Gasteiger partial charge < -0.3 is 19.5 Å². The van der Waals surface area contributed by atoms with Gasteiger partial charge in [0.2, 0.25) is 0 Å². The monoisotopic (exact) mass is 523 g/mol. The molecule has 0 fully saturated rings. The number of hydrogen-bond donors (Lipinski definition) is 0. The fourth-order valence-corrected chi connectivity index (χ4v) is 4.40. The molecule has 0 saturated carbocycles. The van der Waals surface area contributed by atoms with Crippen LogP contribution >= 0.6 is 11.7 Å². The second-order valence-corrected chi connectivity index (χ2v) is 9.39. The summed E-state index contributed by atoms with van der Waals surface area (Å²) in [6, 6.07) is 19.3. The molecule has 1 aromatic heterocycles. The first-order valence-electron chi connectivity index (χ1n) is 11.5. The number of anilines is 1. The van der Waals surface area contributed by atoms with Gasteiger partial charge in [-0.1, -0.05) is 18.2 Å². The summed E-state index contributed by atoms with van der Waals surface area (Å²) in [5.74, 6) is -1.18. The number of aliphatic carboxylic acids is 1. The molecule has 9 heteroatoms. The zero-order chi connectivity index (χ0) is 25.8. The first-order chi connectivity index (χ1) is 17.2. The van der Waals surface area contributed by atoms with E-state index >= 15 is 0 Å². The van der Waals surface area contributed by atoms with E-state index in [1.165, 1.54) is 0 Å². The molecule has 0 atom stereocenters. The first kappa shape index (κ1) is 28.5. The molecule has 4 rings (SSSR count). The Hall–Kier alpha value is -3.04. The van der Waals surface area contributed by atoms with Gasteiger partial charge in [0.05, 0.1) is 23.8 Å². The molecule has 0 bridgehead atoms.